The Labute approximate surface area is 216 Å². The Balaban J connectivity index is 1.49. The van der Waals surface area contributed by atoms with Crippen molar-refractivity contribution in [3.8, 4) is 0 Å². The summed E-state index contributed by atoms with van der Waals surface area (Å²) in [6.45, 7) is 1.87. The van der Waals surface area contributed by atoms with E-state index < -0.39 is 53.0 Å². The Kier molecular flexibility index (Phi) is 5.46. The number of rotatable bonds is 6. The topological polar surface area (TPSA) is 148 Å². The van der Waals surface area contributed by atoms with Crippen LogP contribution in [0.3, 0.4) is 0 Å². The zero-order chi connectivity index (χ0) is 26.1. The maximum atomic E-state index is 14.2. The lowest BCUT2D eigenvalue weighted by molar-refractivity contribution is -0.130. The van der Waals surface area contributed by atoms with E-state index in [9.17, 15) is 24.0 Å². The number of carbonyl (C=O) groups excluding carboxylic acids is 5. The number of benzene rings is 1. The summed E-state index contributed by atoms with van der Waals surface area (Å²) in [4.78, 5) is 68.5. The summed E-state index contributed by atoms with van der Waals surface area (Å²) in [5, 5.41) is 6.40. The molecule has 0 saturated carbocycles. The molecule has 3 aliphatic heterocycles. The van der Waals surface area contributed by atoms with E-state index in [0.717, 1.165) is 28.2 Å². The summed E-state index contributed by atoms with van der Waals surface area (Å²) in [7, 11) is 0. The van der Waals surface area contributed by atoms with Crippen molar-refractivity contribution in [2.24, 2.45) is 17.6 Å². The highest BCUT2D eigenvalue weighted by molar-refractivity contribution is 7.17. The van der Waals surface area contributed by atoms with Crippen molar-refractivity contribution >= 4 is 51.6 Å². The first-order valence-electron chi connectivity index (χ1n) is 12.5. The van der Waals surface area contributed by atoms with Crippen LogP contribution in [0.4, 0.5) is 10.7 Å². The predicted octanol–water partition coefficient (Wildman–Crippen LogP) is 1.60. The second-order valence-corrected chi connectivity index (χ2v) is 10.9. The van der Waals surface area contributed by atoms with E-state index >= 15 is 0 Å². The number of hydrogen-bond donors (Lipinski definition) is 3. The van der Waals surface area contributed by atoms with Gasteiger partial charge in [-0.15, -0.1) is 11.3 Å². The number of ether oxygens (including phenoxy) is 1. The highest BCUT2D eigenvalue weighted by atomic mass is 32.1. The molecule has 1 aromatic carbocycles. The number of amides is 4. The zero-order valence-electron chi connectivity index (χ0n) is 20.2. The van der Waals surface area contributed by atoms with Crippen LogP contribution in [0.5, 0.6) is 0 Å². The molecule has 2 fully saturated rings. The van der Waals surface area contributed by atoms with Gasteiger partial charge >= 0.3 is 5.97 Å². The Morgan fingerprint density at radius 1 is 1.19 bits per heavy atom. The first-order valence-corrected chi connectivity index (χ1v) is 13.3. The molecule has 0 bridgehead atoms. The minimum absolute atomic E-state index is 0.0108. The molecule has 4 amide bonds. The van der Waals surface area contributed by atoms with Gasteiger partial charge in [0, 0.05) is 28.6 Å². The number of carbonyl (C=O) groups is 5. The number of nitrogens with two attached hydrogens (primary N) is 1. The minimum atomic E-state index is -1.48. The van der Waals surface area contributed by atoms with E-state index in [-0.39, 0.29) is 30.0 Å². The summed E-state index contributed by atoms with van der Waals surface area (Å²) in [5.41, 5.74) is 6.17. The van der Waals surface area contributed by atoms with Crippen molar-refractivity contribution in [2.75, 3.05) is 16.8 Å². The molecule has 192 valence electrons. The third-order valence-corrected chi connectivity index (χ3v) is 9.19. The molecule has 4 atom stereocenters. The molecular formula is C26H26N4O6S. The Hall–Kier alpha value is -3.57. The SMILES string of the molecule is CCOC(=O)c1c(N2C(=O)[C@H]3[C@@H](C2=O)[C@]2(N[C@@H]3CCC(N)=O)C(=O)Nc3ccccc32)sc2c1CCC2. The summed E-state index contributed by atoms with van der Waals surface area (Å²) in [6, 6.07) is 6.42. The normalized spacial score (nSPS) is 27.4. The number of fused-ring (bicyclic) bond motifs is 5. The average molecular weight is 523 g/mol. The molecule has 1 aromatic heterocycles. The number of nitrogens with one attached hydrogen (secondary N) is 2. The molecule has 4 N–H and O–H groups in total. The highest BCUT2D eigenvalue weighted by Crippen LogP contribution is 2.55. The Morgan fingerprint density at radius 3 is 2.73 bits per heavy atom. The third-order valence-electron chi connectivity index (χ3n) is 7.91. The molecule has 0 unspecified atom stereocenters. The van der Waals surface area contributed by atoms with Gasteiger partial charge in [0.1, 0.15) is 10.5 Å². The Morgan fingerprint density at radius 2 is 1.97 bits per heavy atom. The van der Waals surface area contributed by atoms with Gasteiger partial charge in [-0.3, -0.25) is 24.5 Å². The van der Waals surface area contributed by atoms with Crippen LogP contribution in [0.1, 0.15) is 52.5 Å². The van der Waals surface area contributed by atoms with E-state index in [1.54, 1.807) is 31.2 Å². The Bertz CT molecular complexity index is 1390. The fraction of sp³-hybridized carbons (Fsp3) is 0.423. The summed E-state index contributed by atoms with van der Waals surface area (Å²) < 4.78 is 5.31. The molecule has 1 aliphatic carbocycles. The van der Waals surface area contributed by atoms with Gasteiger partial charge in [0.2, 0.25) is 23.6 Å². The number of aryl methyl sites for hydroxylation is 1. The molecule has 2 aromatic rings. The number of anilines is 2. The summed E-state index contributed by atoms with van der Waals surface area (Å²) >= 11 is 1.27. The van der Waals surface area contributed by atoms with E-state index in [0.29, 0.717) is 17.7 Å². The van der Waals surface area contributed by atoms with Crippen molar-refractivity contribution in [3.05, 3.63) is 45.8 Å². The van der Waals surface area contributed by atoms with E-state index in [1.807, 2.05) is 0 Å². The lowest BCUT2D eigenvalue weighted by Gasteiger charge is -2.29. The highest BCUT2D eigenvalue weighted by Gasteiger charge is 2.70. The number of nitrogens with zero attached hydrogens (tertiary/aromatic N) is 1. The molecule has 10 nitrogen and oxygen atoms in total. The van der Waals surface area contributed by atoms with Crippen LogP contribution in [-0.2, 0) is 42.3 Å². The lowest BCUT2D eigenvalue weighted by Crippen LogP contribution is -2.53. The standard InChI is InChI=1S/C26H26N4O6S/c1-2-36-24(34)18-12-6-5-9-16(12)37-23(18)30-21(32)19-15(10-11-17(27)31)29-26(20(19)22(30)33)13-7-3-4-8-14(13)28-25(26)35/h3-4,7-8,15,19-20,29H,2,5-6,9-11H2,1H3,(H2,27,31)(H,28,35)/t15-,19-,20+,26+/m1/s1. The van der Waals surface area contributed by atoms with Crippen LogP contribution in [0.15, 0.2) is 24.3 Å². The number of para-hydroxylation sites is 1. The number of hydrogen-bond acceptors (Lipinski definition) is 8. The third kappa shape index (κ3) is 3.23. The molecule has 4 heterocycles. The average Bonchev–Trinajstić information content (AvgIpc) is 3.63. The molecule has 4 aliphatic rings. The van der Waals surface area contributed by atoms with Crippen molar-refractivity contribution < 1.29 is 28.7 Å². The van der Waals surface area contributed by atoms with Gasteiger partial charge in [-0.1, -0.05) is 18.2 Å². The maximum absolute atomic E-state index is 14.2. The lowest BCUT2D eigenvalue weighted by atomic mass is 9.76. The maximum Gasteiger partial charge on any atom is 0.341 e. The molecule has 2 saturated heterocycles. The van der Waals surface area contributed by atoms with Gasteiger partial charge in [0.15, 0.2) is 0 Å². The number of thiophene rings is 1. The van der Waals surface area contributed by atoms with Crippen LogP contribution >= 0.6 is 11.3 Å². The van der Waals surface area contributed by atoms with Crippen molar-refractivity contribution in [2.45, 2.75) is 50.6 Å². The van der Waals surface area contributed by atoms with Crippen LogP contribution in [0.2, 0.25) is 0 Å². The molecule has 6 rings (SSSR count). The monoisotopic (exact) mass is 522 g/mol. The smallest absolute Gasteiger partial charge is 0.341 e. The fourth-order valence-corrected chi connectivity index (χ4v) is 7.85. The number of imide groups is 1. The van der Waals surface area contributed by atoms with Crippen molar-refractivity contribution in [1.29, 1.82) is 0 Å². The quantitative estimate of drug-likeness (QED) is 0.386. The van der Waals surface area contributed by atoms with Gasteiger partial charge in [-0.2, -0.15) is 0 Å². The van der Waals surface area contributed by atoms with Gasteiger partial charge in [-0.05, 0) is 44.2 Å². The molecule has 0 radical (unpaired) electrons. The molecule has 1 spiro atoms. The summed E-state index contributed by atoms with van der Waals surface area (Å²) in [6.07, 6.45) is 2.50. The molecule has 37 heavy (non-hydrogen) atoms. The second-order valence-electron chi connectivity index (χ2n) is 9.84. The number of esters is 1. The van der Waals surface area contributed by atoms with Crippen molar-refractivity contribution in [1.82, 2.24) is 5.32 Å². The largest absolute Gasteiger partial charge is 0.462 e. The first-order chi connectivity index (χ1) is 17.8. The van der Waals surface area contributed by atoms with Crippen LogP contribution < -0.4 is 21.3 Å². The van der Waals surface area contributed by atoms with Crippen LogP contribution in [-0.4, -0.2) is 42.2 Å². The minimum Gasteiger partial charge on any atom is -0.462 e. The predicted molar refractivity (Wildman–Crippen MR) is 134 cm³/mol. The van der Waals surface area contributed by atoms with E-state index in [4.69, 9.17) is 10.5 Å². The van der Waals surface area contributed by atoms with Gasteiger partial charge in [-0.25, -0.2) is 9.69 Å². The van der Waals surface area contributed by atoms with Crippen LogP contribution in [0.25, 0.3) is 0 Å². The first kappa shape index (κ1) is 23.8. The van der Waals surface area contributed by atoms with Gasteiger partial charge in [0.05, 0.1) is 24.0 Å². The molecule has 11 heteroatoms. The van der Waals surface area contributed by atoms with E-state index in [2.05, 4.69) is 10.6 Å². The van der Waals surface area contributed by atoms with E-state index in [1.165, 1.54) is 11.3 Å². The van der Waals surface area contributed by atoms with Crippen molar-refractivity contribution in [3.63, 3.8) is 0 Å². The van der Waals surface area contributed by atoms with Crippen LogP contribution in [0, 0.1) is 11.8 Å². The fourth-order valence-electron chi connectivity index (χ4n) is 6.47. The summed E-state index contributed by atoms with van der Waals surface area (Å²) in [5.74, 6) is -4.50. The zero-order valence-corrected chi connectivity index (χ0v) is 21.0. The molecular weight excluding hydrogens is 496 g/mol. The number of primary amides is 1. The second kappa shape index (κ2) is 8.49. The van der Waals surface area contributed by atoms with Gasteiger partial charge < -0.3 is 15.8 Å². The van der Waals surface area contributed by atoms with Gasteiger partial charge in [0.25, 0.3) is 0 Å².